The summed E-state index contributed by atoms with van der Waals surface area (Å²) < 4.78 is 10.3. The normalized spacial score (nSPS) is 11.1. The lowest BCUT2D eigenvalue weighted by Crippen LogP contribution is -1.99. The van der Waals surface area contributed by atoms with Gasteiger partial charge in [-0.25, -0.2) is 14.8 Å². The van der Waals surface area contributed by atoms with Crippen LogP contribution in [0.15, 0.2) is 42.7 Å². The second-order valence-electron chi connectivity index (χ2n) is 5.87. The SMILES string of the molecule is COCOc1ccc2c(-c3c(O)[nH]c4ccc(C(=O)O)cc34)ncnc2c1. The highest BCUT2D eigenvalue weighted by Gasteiger charge is 2.18. The number of aromatic nitrogens is 3. The van der Waals surface area contributed by atoms with Crippen molar-refractivity contribution in [3.8, 4) is 22.9 Å². The van der Waals surface area contributed by atoms with Gasteiger partial charge in [0.05, 0.1) is 22.3 Å². The van der Waals surface area contributed by atoms with Crippen LogP contribution in [0, 0.1) is 0 Å². The molecule has 0 radical (unpaired) electrons. The molecular formula is C19H15N3O5. The van der Waals surface area contributed by atoms with Gasteiger partial charge in [0.1, 0.15) is 12.1 Å². The predicted molar refractivity (Wildman–Crippen MR) is 98.0 cm³/mol. The molecule has 0 aliphatic heterocycles. The zero-order valence-electron chi connectivity index (χ0n) is 14.3. The molecule has 2 aromatic heterocycles. The largest absolute Gasteiger partial charge is 0.494 e. The highest BCUT2D eigenvalue weighted by atomic mass is 16.7. The van der Waals surface area contributed by atoms with Crippen LogP contribution in [-0.2, 0) is 4.74 Å². The molecule has 0 amide bonds. The minimum absolute atomic E-state index is 0.0905. The van der Waals surface area contributed by atoms with Gasteiger partial charge in [0, 0.05) is 29.5 Å². The van der Waals surface area contributed by atoms with Crippen molar-refractivity contribution in [1.82, 2.24) is 15.0 Å². The highest BCUT2D eigenvalue weighted by molar-refractivity contribution is 6.07. The molecule has 0 aliphatic carbocycles. The maximum atomic E-state index is 11.3. The first kappa shape index (κ1) is 16.8. The van der Waals surface area contributed by atoms with E-state index in [0.29, 0.717) is 38.8 Å². The molecule has 136 valence electrons. The van der Waals surface area contributed by atoms with Gasteiger partial charge in [0.2, 0.25) is 0 Å². The summed E-state index contributed by atoms with van der Waals surface area (Å²) in [7, 11) is 1.53. The third-order valence-corrected chi connectivity index (χ3v) is 4.21. The van der Waals surface area contributed by atoms with Crippen molar-refractivity contribution in [2.45, 2.75) is 0 Å². The Hall–Kier alpha value is -3.65. The van der Waals surface area contributed by atoms with E-state index >= 15 is 0 Å². The number of aromatic amines is 1. The number of hydrogen-bond acceptors (Lipinski definition) is 6. The van der Waals surface area contributed by atoms with Crippen molar-refractivity contribution in [2.24, 2.45) is 0 Å². The van der Waals surface area contributed by atoms with E-state index in [-0.39, 0.29) is 18.2 Å². The van der Waals surface area contributed by atoms with Crippen LogP contribution in [0.25, 0.3) is 33.1 Å². The Balaban J connectivity index is 1.92. The van der Waals surface area contributed by atoms with Gasteiger partial charge in [-0.15, -0.1) is 0 Å². The van der Waals surface area contributed by atoms with E-state index < -0.39 is 5.97 Å². The molecule has 0 aliphatic rings. The van der Waals surface area contributed by atoms with Gasteiger partial charge in [-0.3, -0.25) is 0 Å². The predicted octanol–water partition coefficient (Wildman–Crippen LogP) is 3.16. The first-order chi connectivity index (χ1) is 13.1. The number of aromatic hydroxyl groups is 1. The van der Waals surface area contributed by atoms with Crippen LogP contribution in [0.2, 0.25) is 0 Å². The smallest absolute Gasteiger partial charge is 0.335 e. The molecule has 3 N–H and O–H groups in total. The zero-order valence-corrected chi connectivity index (χ0v) is 14.3. The van der Waals surface area contributed by atoms with Crippen molar-refractivity contribution in [2.75, 3.05) is 13.9 Å². The Morgan fingerprint density at radius 2 is 2.00 bits per heavy atom. The van der Waals surface area contributed by atoms with Gasteiger partial charge >= 0.3 is 5.97 Å². The number of carbonyl (C=O) groups is 1. The summed E-state index contributed by atoms with van der Waals surface area (Å²) >= 11 is 0. The van der Waals surface area contributed by atoms with E-state index in [2.05, 4.69) is 15.0 Å². The topological polar surface area (TPSA) is 118 Å². The summed E-state index contributed by atoms with van der Waals surface area (Å²) in [6.07, 6.45) is 1.39. The average Bonchev–Trinajstić information content (AvgIpc) is 3.00. The van der Waals surface area contributed by atoms with E-state index in [1.165, 1.54) is 25.6 Å². The third-order valence-electron chi connectivity index (χ3n) is 4.21. The maximum Gasteiger partial charge on any atom is 0.335 e. The van der Waals surface area contributed by atoms with E-state index in [1.54, 1.807) is 24.3 Å². The first-order valence-electron chi connectivity index (χ1n) is 8.03. The molecule has 0 unspecified atom stereocenters. The average molecular weight is 365 g/mol. The fourth-order valence-corrected chi connectivity index (χ4v) is 3.00. The molecule has 8 nitrogen and oxygen atoms in total. The van der Waals surface area contributed by atoms with Crippen LogP contribution < -0.4 is 4.74 Å². The quantitative estimate of drug-likeness (QED) is 0.465. The van der Waals surface area contributed by atoms with Crippen molar-refractivity contribution < 1.29 is 24.5 Å². The Bertz CT molecular complexity index is 1170. The Labute approximate surface area is 153 Å². The molecule has 0 fully saturated rings. The number of nitrogens with zero attached hydrogens (tertiary/aromatic N) is 2. The van der Waals surface area contributed by atoms with Gasteiger partial charge in [0.15, 0.2) is 12.7 Å². The van der Waals surface area contributed by atoms with Crippen LogP contribution in [0.1, 0.15) is 10.4 Å². The third kappa shape index (κ3) is 2.91. The minimum Gasteiger partial charge on any atom is -0.494 e. The first-order valence-corrected chi connectivity index (χ1v) is 8.03. The Morgan fingerprint density at radius 1 is 1.15 bits per heavy atom. The summed E-state index contributed by atoms with van der Waals surface area (Å²) in [4.78, 5) is 22.8. The minimum atomic E-state index is -1.05. The molecule has 2 aromatic carbocycles. The number of aromatic carboxylic acids is 1. The van der Waals surface area contributed by atoms with Gasteiger partial charge in [0.25, 0.3) is 0 Å². The number of nitrogens with one attached hydrogen (secondary N) is 1. The standard InChI is InChI=1S/C19H15N3O5/c1-26-9-27-11-3-4-12-15(7-11)20-8-21-17(12)16-13-6-10(19(24)25)2-5-14(13)22-18(16)23/h2-8,22-23H,9H2,1H3,(H,24,25). The fourth-order valence-electron chi connectivity index (χ4n) is 3.00. The lowest BCUT2D eigenvalue weighted by Gasteiger charge is -2.08. The Kier molecular flexibility index (Phi) is 4.09. The van der Waals surface area contributed by atoms with E-state index in [0.717, 1.165) is 0 Å². The number of hydrogen-bond donors (Lipinski definition) is 3. The number of H-pyrrole nitrogens is 1. The van der Waals surface area contributed by atoms with Gasteiger partial charge in [-0.2, -0.15) is 0 Å². The fraction of sp³-hybridized carbons (Fsp3) is 0.105. The molecule has 0 saturated heterocycles. The highest BCUT2D eigenvalue weighted by Crippen LogP contribution is 2.39. The molecule has 8 heteroatoms. The van der Waals surface area contributed by atoms with Gasteiger partial charge in [-0.05, 0) is 30.3 Å². The van der Waals surface area contributed by atoms with Crippen LogP contribution in [0.4, 0.5) is 0 Å². The lowest BCUT2D eigenvalue weighted by atomic mass is 10.0. The summed E-state index contributed by atoms with van der Waals surface area (Å²) in [5.74, 6) is -0.548. The summed E-state index contributed by atoms with van der Waals surface area (Å²) in [6.45, 7) is 0.116. The zero-order chi connectivity index (χ0) is 19.0. The maximum absolute atomic E-state index is 11.3. The van der Waals surface area contributed by atoms with E-state index in [1.807, 2.05) is 0 Å². The van der Waals surface area contributed by atoms with Crippen LogP contribution in [0.5, 0.6) is 11.6 Å². The molecule has 4 rings (SSSR count). The van der Waals surface area contributed by atoms with Crippen molar-refractivity contribution in [3.05, 3.63) is 48.3 Å². The summed E-state index contributed by atoms with van der Waals surface area (Å²) in [5.41, 5.74) is 2.27. The number of carboxylic acids is 1. The van der Waals surface area contributed by atoms with E-state index in [4.69, 9.17) is 9.47 Å². The number of methoxy groups -OCH3 is 1. The molecular weight excluding hydrogens is 350 g/mol. The second-order valence-corrected chi connectivity index (χ2v) is 5.87. The van der Waals surface area contributed by atoms with Crippen molar-refractivity contribution >= 4 is 27.8 Å². The van der Waals surface area contributed by atoms with Crippen LogP contribution in [-0.4, -0.2) is 45.0 Å². The van der Waals surface area contributed by atoms with Crippen LogP contribution in [0.3, 0.4) is 0 Å². The number of benzene rings is 2. The number of ether oxygens (including phenoxy) is 2. The molecule has 0 atom stereocenters. The summed E-state index contributed by atoms with van der Waals surface area (Å²) in [5, 5.41) is 21.0. The van der Waals surface area contributed by atoms with Crippen molar-refractivity contribution in [1.29, 1.82) is 0 Å². The van der Waals surface area contributed by atoms with Gasteiger partial charge < -0.3 is 24.7 Å². The molecule has 0 spiro atoms. The van der Waals surface area contributed by atoms with Gasteiger partial charge in [-0.1, -0.05) is 0 Å². The summed E-state index contributed by atoms with van der Waals surface area (Å²) in [6, 6.07) is 9.88. The second kappa shape index (κ2) is 6.58. The van der Waals surface area contributed by atoms with Crippen LogP contribution >= 0.6 is 0 Å². The lowest BCUT2D eigenvalue weighted by molar-refractivity contribution is 0.0512. The number of carboxylic acid groups (broad SMARTS) is 1. The van der Waals surface area contributed by atoms with Crippen molar-refractivity contribution in [3.63, 3.8) is 0 Å². The molecule has 4 aromatic rings. The monoisotopic (exact) mass is 365 g/mol. The molecule has 0 bridgehead atoms. The Morgan fingerprint density at radius 3 is 2.78 bits per heavy atom. The van der Waals surface area contributed by atoms with E-state index in [9.17, 15) is 15.0 Å². The number of fused-ring (bicyclic) bond motifs is 2. The molecule has 2 heterocycles. The molecule has 0 saturated carbocycles. The number of rotatable bonds is 5. The molecule has 27 heavy (non-hydrogen) atoms.